The van der Waals surface area contributed by atoms with Gasteiger partial charge in [-0.25, -0.2) is 0 Å². The maximum atomic E-state index is 12.7. The molecule has 260 valence electrons. The molecule has 4 nitrogen and oxygen atoms in total. The van der Waals surface area contributed by atoms with Gasteiger partial charge in [0.05, 0.1) is 0 Å². The molecule has 0 heterocycles. The minimum absolute atomic E-state index is 0.00869. The van der Waals surface area contributed by atoms with Crippen molar-refractivity contribution < 1.29 is 9.59 Å². The Balaban J connectivity index is 3.76. The third-order valence-electron chi connectivity index (χ3n) is 9.58. The van der Waals surface area contributed by atoms with E-state index in [4.69, 9.17) is 5.73 Å². The van der Waals surface area contributed by atoms with E-state index in [-0.39, 0.29) is 11.8 Å². The van der Waals surface area contributed by atoms with Gasteiger partial charge in [0.1, 0.15) is 5.54 Å². The smallest absolute Gasteiger partial charge is 0.243 e. The van der Waals surface area contributed by atoms with Gasteiger partial charge in [0, 0.05) is 6.42 Å². The van der Waals surface area contributed by atoms with Gasteiger partial charge in [-0.2, -0.15) is 0 Å². The maximum absolute atomic E-state index is 12.7. The first-order chi connectivity index (χ1) is 21.5. The molecule has 0 aliphatic carbocycles. The predicted octanol–water partition coefficient (Wildman–Crippen LogP) is 12.4. The van der Waals surface area contributed by atoms with Gasteiger partial charge < -0.3 is 11.1 Å². The van der Waals surface area contributed by atoms with Crippen LogP contribution in [0.1, 0.15) is 226 Å². The standard InChI is InChI=1S/C40H78N2O2/c1-4-7-9-11-13-15-17-19-20-21-22-23-24-25-26-28-30-32-34-36-38(43)42-40(6-3,39(41)44)37-35-33-31-29-27-18-16-14-12-10-8-5-2/h19-20H,4-18,21-37H2,1-3H3,(H2,41,44)(H,42,43)/b20-19-. The monoisotopic (exact) mass is 619 g/mol. The molecule has 0 rings (SSSR count). The Morgan fingerprint density at radius 3 is 1.20 bits per heavy atom. The third-order valence-corrected chi connectivity index (χ3v) is 9.58. The lowest BCUT2D eigenvalue weighted by atomic mass is 9.88. The van der Waals surface area contributed by atoms with Crippen molar-refractivity contribution in [3.05, 3.63) is 12.2 Å². The Labute approximate surface area is 275 Å². The lowest BCUT2D eigenvalue weighted by molar-refractivity contribution is -0.132. The molecule has 0 aromatic rings. The molecule has 0 aliphatic rings. The summed E-state index contributed by atoms with van der Waals surface area (Å²) in [5.41, 5.74) is 4.94. The highest BCUT2D eigenvalue weighted by Gasteiger charge is 2.35. The molecule has 3 N–H and O–H groups in total. The first-order valence-corrected chi connectivity index (χ1v) is 19.8. The molecule has 2 amide bonds. The third kappa shape index (κ3) is 27.0. The van der Waals surface area contributed by atoms with Crippen LogP contribution < -0.4 is 11.1 Å². The van der Waals surface area contributed by atoms with Crippen LogP contribution in [0.3, 0.4) is 0 Å². The summed E-state index contributed by atoms with van der Waals surface area (Å²) in [6.07, 6.45) is 43.9. The molecule has 0 aromatic heterocycles. The van der Waals surface area contributed by atoms with E-state index in [1.807, 2.05) is 6.92 Å². The second kappa shape index (κ2) is 33.1. The minimum atomic E-state index is -0.876. The summed E-state index contributed by atoms with van der Waals surface area (Å²) in [7, 11) is 0. The molecule has 0 bridgehead atoms. The number of allylic oxidation sites excluding steroid dienone is 2. The summed E-state index contributed by atoms with van der Waals surface area (Å²) < 4.78 is 0. The van der Waals surface area contributed by atoms with E-state index in [0.717, 1.165) is 25.7 Å². The van der Waals surface area contributed by atoms with Gasteiger partial charge in [-0.15, -0.1) is 0 Å². The summed E-state index contributed by atoms with van der Waals surface area (Å²) in [4.78, 5) is 25.1. The summed E-state index contributed by atoms with van der Waals surface area (Å²) >= 11 is 0. The molecule has 1 atom stereocenters. The zero-order chi connectivity index (χ0) is 32.4. The van der Waals surface area contributed by atoms with Crippen LogP contribution in [0.5, 0.6) is 0 Å². The number of carbonyl (C=O) groups is 2. The van der Waals surface area contributed by atoms with E-state index in [9.17, 15) is 9.59 Å². The predicted molar refractivity (Wildman–Crippen MR) is 194 cm³/mol. The van der Waals surface area contributed by atoms with Crippen molar-refractivity contribution in [3.8, 4) is 0 Å². The summed E-state index contributed by atoms with van der Waals surface area (Å²) in [5.74, 6) is -0.383. The van der Waals surface area contributed by atoms with Crippen molar-refractivity contribution in [2.75, 3.05) is 0 Å². The van der Waals surface area contributed by atoms with Gasteiger partial charge in [0.15, 0.2) is 0 Å². The SMILES string of the molecule is CCCCCCCC/C=C\CCCCCCCCCCCC(=O)NC(CC)(CCCCCCCCCCCCCC)C(N)=O. The fraction of sp³-hybridized carbons (Fsp3) is 0.900. The number of nitrogens with two attached hydrogens (primary N) is 1. The molecule has 0 aromatic carbocycles. The number of rotatable bonds is 35. The van der Waals surface area contributed by atoms with E-state index < -0.39 is 5.54 Å². The molecule has 0 radical (unpaired) electrons. The zero-order valence-electron chi connectivity index (χ0n) is 30.2. The average Bonchev–Trinajstić information content (AvgIpc) is 3.02. The molecule has 0 fully saturated rings. The van der Waals surface area contributed by atoms with Crippen molar-refractivity contribution in [1.82, 2.24) is 5.32 Å². The van der Waals surface area contributed by atoms with E-state index in [1.54, 1.807) is 0 Å². The molecular weight excluding hydrogens is 540 g/mol. The number of carbonyl (C=O) groups excluding carboxylic acids is 2. The highest BCUT2D eigenvalue weighted by molar-refractivity contribution is 5.90. The number of nitrogens with one attached hydrogen (secondary N) is 1. The van der Waals surface area contributed by atoms with Gasteiger partial charge in [-0.3, -0.25) is 9.59 Å². The zero-order valence-corrected chi connectivity index (χ0v) is 30.2. The molecule has 0 saturated carbocycles. The second-order valence-electron chi connectivity index (χ2n) is 13.7. The number of amides is 2. The van der Waals surface area contributed by atoms with Crippen molar-refractivity contribution in [2.45, 2.75) is 232 Å². The highest BCUT2D eigenvalue weighted by Crippen LogP contribution is 2.21. The Bertz CT molecular complexity index is 662. The number of hydrogen-bond donors (Lipinski definition) is 2. The van der Waals surface area contributed by atoms with Crippen LogP contribution in [0, 0.1) is 0 Å². The van der Waals surface area contributed by atoms with Gasteiger partial charge in [-0.05, 0) is 44.9 Å². The number of primary amides is 1. The Kier molecular flexibility index (Phi) is 32.1. The Morgan fingerprint density at radius 1 is 0.500 bits per heavy atom. The normalized spacial score (nSPS) is 13.0. The van der Waals surface area contributed by atoms with Crippen LogP contribution in [0.25, 0.3) is 0 Å². The molecule has 0 aliphatic heterocycles. The maximum Gasteiger partial charge on any atom is 0.243 e. The van der Waals surface area contributed by atoms with E-state index in [0.29, 0.717) is 19.3 Å². The lowest BCUT2D eigenvalue weighted by Crippen LogP contribution is -2.57. The largest absolute Gasteiger partial charge is 0.368 e. The van der Waals surface area contributed by atoms with E-state index in [1.165, 1.54) is 161 Å². The van der Waals surface area contributed by atoms with Crippen LogP contribution in [-0.2, 0) is 9.59 Å². The Hall–Kier alpha value is -1.32. The first kappa shape index (κ1) is 42.7. The van der Waals surface area contributed by atoms with Crippen molar-refractivity contribution in [1.29, 1.82) is 0 Å². The summed E-state index contributed by atoms with van der Waals surface area (Å²) in [6.45, 7) is 6.52. The summed E-state index contributed by atoms with van der Waals surface area (Å²) in [5, 5.41) is 3.06. The molecule has 44 heavy (non-hydrogen) atoms. The Morgan fingerprint density at radius 2 is 0.841 bits per heavy atom. The fourth-order valence-electron chi connectivity index (χ4n) is 6.35. The summed E-state index contributed by atoms with van der Waals surface area (Å²) in [6, 6.07) is 0. The van der Waals surface area contributed by atoms with Crippen LogP contribution in [-0.4, -0.2) is 17.4 Å². The number of hydrogen-bond acceptors (Lipinski definition) is 2. The van der Waals surface area contributed by atoms with Gasteiger partial charge in [-0.1, -0.05) is 187 Å². The molecule has 4 heteroatoms. The van der Waals surface area contributed by atoms with Gasteiger partial charge in [0.2, 0.25) is 11.8 Å². The van der Waals surface area contributed by atoms with E-state index in [2.05, 4.69) is 31.3 Å². The molecule has 1 unspecified atom stereocenters. The van der Waals surface area contributed by atoms with Crippen LogP contribution >= 0.6 is 0 Å². The number of unbranched alkanes of at least 4 members (excludes halogenated alkanes) is 26. The topological polar surface area (TPSA) is 72.2 Å². The van der Waals surface area contributed by atoms with Gasteiger partial charge in [0.25, 0.3) is 0 Å². The van der Waals surface area contributed by atoms with E-state index >= 15 is 0 Å². The quantitative estimate of drug-likeness (QED) is 0.0548. The molecule has 0 saturated heterocycles. The average molecular weight is 619 g/mol. The lowest BCUT2D eigenvalue weighted by Gasteiger charge is -2.31. The molecular formula is C40H78N2O2. The van der Waals surface area contributed by atoms with Crippen molar-refractivity contribution >= 4 is 11.8 Å². The minimum Gasteiger partial charge on any atom is -0.368 e. The first-order valence-electron chi connectivity index (χ1n) is 19.8. The van der Waals surface area contributed by atoms with Crippen molar-refractivity contribution in [3.63, 3.8) is 0 Å². The molecule has 0 spiro atoms. The van der Waals surface area contributed by atoms with Gasteiger partial charge >= 0.3 is 0 Å². The highest BCUT2D eigenvalue weighted by atomic mass is 16.2. The fourth-order valence-corrected chi connectivity index (χ4v) is 6.35. The van der Waals surface area contributed by atoms with Crippen LogP contribution in [0.4, 0.5) is 0 Å². The van der Waals surface area contributed by atoms with Crippen LogP contribution in [0.2, 0.25) is 0 Å². The van der Waals surface area contributed by atoms with Crippen molar-refractivity contribution in [2.24, 2.45) is 5.73 Å². The van der Waals surface area contributed by atoms with Crippen LogP contribution in [0.15, 0.2) is 12.2 Å². The second-order valence-corrected chi connectivity index (χ2v) is 13.7.